The fourth-order valence-electron chi connectivity index (χ4n) is 2.21. The van der Waals surface area contributed by atoms with Crippen molar-refractivity contribution in [2.24, 2.45) is 0 Å². The molecule has 1 atom stereocenters. The lowest BCUT2D eigenvalue weighted by molar-refractivity contribution is -0.385. The highest BCUT2D eigenvalue weighted by molar-refractivity contribution is 5.93. The third kappa shape index (κ3) is 2.69. The Bertz CT molecular complexity index is 534. The largest absolute Gasteiger partial charge is 0.477 e. The van der Waals surface area contributed by atoms with Crippen molar-refractivity contribution in [3.63, 3.8) is 0 Å². The van der Waals surface area contributed by atoms with Crippen LogP contribution in [0, 0.1) is 10.1 Å². The predicted molar refractivity (Wildman–Crippen MR) is 70.1 cm³/mol. The standard InChI is InChI=1S/C12H15N3O5/c1-2-8-7-20-4-3-14(8)11-5-9(12(16)17)10(6-13-11)15(18)19/h5-6,8H,2-4,7H2,1H3,(H,16,17). The van der Waals surface area contributed by atoms with Crippen LogP contribution in [0.25, 0.3) is 0 Å². The maximum Gasteiger partial charge on any atom is 0.342 e. The minimum atomic E-state index is -1.33. The highest BCUT2D eigenvalue weighted by atomic mass is 16.6. The number of carbonyl (C=O) groups is 1. The Hall–Kier alpha value is -2.22. The lowest BCUT2D eigenvalue weighted by Gasteiger charge is -2.36. The van der Waals surface area contributed by atoms with Crippen LogP contribution in [-0.4, -0.2) is 46.8 Å². The molecule has 8 heteroatoms. The van der Waals surface area contributed by atoms with E-state index in [0.29, 0.717) is 25.6 Å². The zero-order chi connectivity index (χ0) is 14.7. The second-order valence-electron chi connectivity index (χ2n) is 4.45. The Morgan fingerprint density at radius 2 is 2.45 bits per heavy atom. The number of rotatable bonds is 4. The molecule has 108 valence electrons. The monoisotopic (exact) mass is 281 g/mol. The lowest BCUT2D eigenvalue weighted by atomic mass is 10.1. The van der Waals surface area contributed by atoms with Crippen LogP contribution in [0.1, 0.15) is 23.7 Å². The van der Waals surface area contributed by atoms with Crippen molar-refractivity contribution in [1.82, 2.24) is 4.98 Å². The Morgan fingerprint density at radius 3 is 3.05 bits per heavy atom. The van der Waals surface area contributed by atoms with Crippen molar-refractivity contribution in [1.29, 1.82) is 0 Å². The van der Waals surface area contributed by atoms with Crippen LogP contribution >= 0.6 is 0 Å². The minimum absolute atomic E-state index is 0.0966. The van der Waals surface area contributed by atoms with Gasteiger partial charge >= 0.3 is 11.7 Å². The fraction of sp³-hybridized carbons (Fsp3) is 0.500. The maximum atomic E-state index is 11.1. The molecule has 1 fully saturated rings. The molecule has 0 aromatic carbocycles. The molecule has 0 aliphatic carbocycles. The average Bonchev–Trinajstić information content (AvgIpc) is 2.46. The number of anilines is 1. The van der Waals surface area contributed by atoms with Gasteiger partial charge in [-0.05, 0) is 6.42 Å². The van der Waals surface area contributed by atoms with Gasteiger partial charge in [0.1, 0.15) is 17.6 Å². The Balaban J connectivity index is 2.39. The number of carboxylic acids is 1. The second kappa shape index (κ2) is 5.83. The summed E-state index contributed by atoms with van der Waals surface area (Å²) in [7, 11) is 0. The molecule has 0 spiro atoms. The number of nitrogens with zero attached hydrogens (tertiary/aromatic N) is 3. The number of nitro groups is 1. The van der Waals surface area contributed by atoms with Gasteiger partial charge in [0.15, 0.2) is 0 Å². The van der Waals surface area contributed by atoms with Crippen molar-refractivity contribution in [2.75, 3.05) is 24.7 Å². The summed E-state index contributed by atoms with van der Waals surface area (Å²) in [5.41, 5.74) is -0.844. The molecule has 20 heavy (non-hydrogen) atoms. The van der Waals surface area contributed by atoms with E-state index in [2.05, 4.69) is 4.98 Å². The van der Waals surface area contributed by atoms with Gasteiger partial charge in [-0.2, -0.15) is 0 Å². The summed E-state index contributed by atoms with van der Waals surface area (Å²) in [6, 6.07) is 1.36. The molecule has 8 nitrogen and oxygen atoms in total. The summed E-state index contributed by atoms with van der Waals surface area (Å²) in [6.45, 7) is 3.65. The zero-order valence-electron chi connectivity index (χ0n) is 11.0. The summed E-state index contributed by atoms with van der Waals surface area (Å²) in [4.78, 5) is 27.2. The summed E-state index contributed by atoms with van der Waals surface area (Å²) < 4.78 is 5.37. The van der Waals surface area contributed by atoms with E-state index in [-0.39, 0.29) is 11.6 Å². The quantitative estimate of drug-likeness (QED) is 0.654. The molecular formula is C12H15N3O5. The van der Waals surface area contributed by atoms with Crippen molar-refractivity contribution in [3.8, 4) is 0 Å². The van der Waals surface area contributed by atoms with Gasteiger partial charge in [-0.15, -0.1) is 0 Å². The first kappa shape index (κ1) is 14.2. The van der Waals surface area contributed by atoms with Crippen LogP contribution in [0.5, 0.6) is 0 Å². The predicted octanol–water partition coefficient (Wildman–Crippen LogP) is 1.30. The van der Waals surface area contributed by atoms with Crippen LogP contribution in [0.2, 0.25) is 0 Å². The van der Waals surface area contributed by atoms with E-state index >= 15 is 0 Å². The maximum absolute atomic E-state index is 11.1. The smallest absolute Gasteiger partial charge is 0.342 e. The van der Waals surface area contributed by atoms with E-state index in [1.54, 1.807) is 0 Å². The van der Waals surface area contributed by atoms with Gasteiger partial charge in [0.25, 0.3) is 0 Å². The normalized spacial score (nSPS) is 18.9. The van der Waals surface area contributed by atoms with Crippen LogP contribution in [0.15, 0.2) is 12.3 Å². The number of hydrogen-bond acceptors (Lipinski definition) is 6. The van der Waals surface area contributed by atoms with Gasteiger partial charge < -0.3 is 14.7 Å². The number of aromatic carboxylic acids is 1. The van der Waals surface area contributed by atoms with Crippen LogP contribution in [0.3, 0.4) is 0 Å². The number of ether oxygens (including phenoxy) is 1. The number of hydrogen-bond donors (Lipinski definition) is 1. The molecule has 1 aliphatic heterocycles. The van der Waals surface area contributed by atoms with Gasteiger partial charge in [-0.1, -0.05) is 6.92 Å². The molecule has 2 rings (SSSR count). The van der Waals surface area contributed by atoms with Gasteiger partial charge in [0.05, 0.1) is 24.2 Å². The minimum Gasteiger partial charge on any atom is -0.477 e. The van der Waals surface area contributed by atoms with Crippen LogP contribution in [-0.2, 0) is 4.74 Å². The molecule has 2 heterocycles. The van der Waals surface area contributed by atoms with E-state index in [0.717, 1.165) is 12.6 Å². The molecule has 1 saturated heterocycles. The first-order valence-electron chi connectivity index (χ1n) is 6.26. The van der Waals surface area contributed by atoms with Crippen molar-refractivity contribution < 1.29 is 19.6 Å². The van der Waals surface area contributed by atoms with E-state index in [1.807, 2.05) is 11.8 Å². The molecule has 0 bridgehead atoms. The molecule has 1 aliphatic rings. The first-order chi connectivity index (χ1) is 9.54. The van der Waals surface area contributed by atoms with E-state index in [4.69, 9.17) is 9.84 Å². The Morgan fingerprint density at radius 1 is 1.70 bits per heavy atom. The van der Waals surface area contributed by atoms with Crippen LogP contribution in [0.4, 0.5) is 11.5 Å². The van der Waals surface area contributed by atoms with Gasteiger partial charge in [0.2, 0.25) is 0 Å². The lowest BCUT2D eigenvalue weighted by Crippen LogP contribution is -2.45. The summed E-state index contributed by atoms with van der Waals surface area (Å²) in [6.07, 6.45) is 1.82. The Kier molecular flexibility index (Phi) is 4.14. The molecule has 0 radical (unpaired) electrons. The van der Waals surface area contributed by atoms with Crippen molar-refractivity contribution in [3.05, 3.63) is 27.9 Å². The van der Waals surface area contributed by atoms with Gasteiger partial charge in [0, 0.05) is 12.6 Å². The molecule has 0 saturated carbocycles. The molecule has 0 amide bonds. The number of aromatic nitrogens is 1. The van der Waals surface area contributed by atoms with E-state index < -0.39 is 16.6 Å². The third-order valence-electron chi connectivity index (χ3n) is 3.29. The Labute approximate surface area is 115 Å². The molecule has 1 aromatic heterocycles. The summed E-state index contributed by atoms with van der Waals surface area (Å²) in [5, 5.41) is 19.9. The number of carboxylic acid groups (broad SMARTS) is 1. The second-order valence-corrected chi connectivity index (χ2v) is 4.45. The zero-order valence-corrected chi connectivity index (χ0v) is 11.0. The SMILES string of the molecule is CCC1COCCN1c1cc(C(=O)O)c([N+](=O)[O-])cn1. The van der Waals surface area contributed by atoms with E-state index in [9.17, 15) is 14.9 Å². The molecule has 1 aromatic rings. The van der Waals surface area contributed by atoms with Crippen LogP contribution < -0.4 is 4.90 Å². The van der Waals surface area contributed by atoms with Crippen molar-refractivity contribution >= 4 is 17.5 Å². The fourth-order valence-corrected chi connectivity index (χ4v) is 2.21. The molecule has 1 unspecified atom stereocenters. The third-order valence-corrected chi connectivity index (χ3v) is 3.29. The average molecular weight is 281 g/mol. The number of morpholine rings is 1. The van der Waals surface area contributed by atoms with E-state index in [1.165, 1.54) is 6.07 Å². The van der Waals surface area contributed by atoms with Gasteiger partial charge in [-0.25, -0.2) is 9.78 Å². The highest BCUT2D eigenvalue weighted by Crippen LogP contribution is 2.25. The molecular weight excluding hydrogens is 266 g/mol. The summed E-state index contributed by atoms with van der Waals surface area (Å²) in [5.74, 6) is -0.898. The topological polar surface area (TPSA) is 106 Å². The molecule has 1 N–H and O–H groups in total. The number of pyridine rings is 1. The van der Waals surface area contributed by atoms with Crippen molar-refractivity contribution in [2.45, 2.75) is 19.4 Å². The van der Waals surface area contributed by atoms with Gasteiger partial charge in [-0.3, -0.25) is 10.1 Å². The summed E-state index contributed by atoms with van der Waals surface area (Å²) >= 11 is 0. The highest BCUT2D eigenvalue weighted by Gasteiger charge is 2.27. The first-order valence-corrected chi connectivity index (χ1v) is 6.26.